The topological polar surface area (TPSA) is 92.4 Å². The number of fused-ring (bicyclic) bond motifs is 3. The molecular formula is C19H25N3O4S2. The van der Waals surface area contributed by atoms with Gasteiger partial charge >= 0.3 is 5.97 Å². The van der Waals surface area contributed by atoms with Gasteiger partial charge in [0.1, 0.15) is 10.7 Å². The highest BCUT2D eigenvalue weighted by atomic mass is 32.2. The van der Waals surface area contributed by atoms with Crippen molar-refractivity contribution in [2.45, 2.75) is 45.3 Å². The first-order valence-corrected chi connectivity index (χ1v) is 11.5. The van der Waals surface area contributed by atoms with Crippen molar-refractivity contribution < 1.29 is 14.3 Å². The number of ether oxygens (including phenoxy) is 1. The normalized spacial score (nSPS) is 12.9. The maximum absolute atomic E-state index is 12.4. The second kappa shape index (κ2) is 9.56. The largest absolute Gasteiger partial charge is 0.456 e. The number of hydrogen-bond donors (Lipinski definition) is 1. The minimum Gasteiger partial charge on any atom is -0.456 e. The molecule has 0 aliphatic heterocycles. The lowest BCUT2D eigenvalue weighted by atomic mass is 10.2. The van der Waals surface area contributed by atoms with Crippen LogP contribution < -0.4 is 5.56 Å². The van der Waals surface area contributed by atoms with Crippen LogP contribution in [0.15, 0.2) is 4.79 Å². The molecule has 1 aliphatic rings. The summed E-state index contributed by atoms with van der Waals surface area (Å²) in [5, 5.41) is 0.757. The van der Waals surface area contributed by atoms with Crippen LogP contribution in [0.3, 0.4) is 0 Å². The van der Waals surface area contributed by atoms with Gasteiger partial charge in [-0.15, -0.1) is 11.3 Å². The van der Waals surface area contributed by atoms with E-state index in [2.05, 4.69) is 9.97 Å². The van der Waals surface area contributed by atoms with Crippen LogP contribution in [-0.4, -0.2) is 52.2 Å². The molecule has 0 radical (unpaired) electrons. The number of carbonyl (C=O) groups excluding carboxylic acids is 2. The van der Waals surface area contributed by atoms with Crippen molar-refractivity contribution >= 4 is 45.2 Å². The zero-order valence-corrected chi connectivity index (χ0v) is 17.8. The Labute approximate surface area is 171 Å². The molecule has 9 heteroatoms. The number of nitrogens with zero attached hydrogens (tertiary/aromatic N) is 2. The summed E-state index contributed by atoms with van der Waals surface area (Å²) in [6.07, 6.45) is 3.34. The summed E-state index contributed by atoms with van der Waals surface area (Å²) in [6.45, 7) is 4.77. The van der Waals surface area contributed by atoms with Crippen molar-refractivity contribution in [1.82, 2.24) is 14.9 Å². The van der Waals surface area contributed by atoms with Gasteiger partial charge in [-0.2, -0.15) is 11.8 Å². The Kier molecular flexibility index (Phi) is 7.12. The van der Waals surface area contributed by atoms with Gasteiger partial charge in [0.15, 0.2) is 6.61 Å². The molecule has 3 rings (SSSR count). The highest BCUT2D eigenvalue weighted by Crippen LogP contribution is 2.34. The molecule has 7 nitrogen and oxygen atoms in total. The highest BCUT2D eigenvalue weighted by molar-refractivity contribution is 7.98. The van der Waals surface area contributed by atoms with Gasteiger partial charge in [-0.1, -0.05) is 0 Å². The monoisotopic (exact) mass is 423 g/mol. The van der Waals surface area contributed by atoms with E-state index in [9.17, 15) is 14.4 Å². The zero-order valence-electron chi connectivity index (χ0n) is 16.2. The summed E-state index contributed by atoms with van der Waals surface area (Å²) in [5.74, 6) is 1.14. The molecule has 0 aromatic carbocycles. The molecule has 0 unspecified atom stereocenters. The third-order valence-electron chi connectivity index (χ3n) is 4.79. The minimum absolute atomic E-state index is 0.0608. The number of aromatic nitrogens is 2. The van der Waals surface area contributed by atoms with E-state index in [1.165, 1.54) is 22.2 Å². The molecule has 0 saturated heterocycles. The molecule has 0 spiro atoms. The number of nitrogens with one attached hydrogen (secondary N) is 1. The van der Waals surface area contributed by atoms with E-state index in [0.717, 1.165) is 29.5 Å². The molecule has 1 N–H and O–H groups in total. The smallest absolute Gasteiger partial charge is 0.307 e. The maximum atomic E-state index is 12.4. The molecule has 1 amide bonds. The van der Waals surface area contributed by atoms with Gasteiger partial charge in [-0.05, 0) is 38.7 Å². The number of aryl methyl sites for hydroxylation is 2. The Bertz CT molecular complexity index is 918. The van der Waals surface area contributed by atoms with Crippen molar-refractivity contribution in [2.24, 2.45) is 0 Å². The minimum atomic E-state index is -0.389. The van der Waals surface area contributed by atoms with Gasteiger partial charge < -0.3 is 14.6 Å². The number of rotatable bonds is 9. The van der Waals surface area contributed by atoms with Gasteiger partial charge in [0.05, 0.1) is 17.6 Å². The molecule has 0 atom stereocenters. The van der Waals surface area contributed by atoms with Crippen molar-refractivity contribution in [3.63, 3.8) is 0 Å². The van der Waals surface area contributed by atoms with E-state index in [4.69, 9.17) is 4.74 Å². The van der Waals surface area contributed by atoms with Gasteiger partial charge in [0.25, 0.3) is 11.5 Å². The van der Waals surface area contributed by atoms with Crippen molar-refractivity contribution in [1.29, 1.82) is 0 Å². The number of thioether (sulfide) groups is 1. The zero-order chi connectivity index (χ0) is 20.1. The average molecular weight is 424 g/mol. The molecule has 28 heavy (non-hydrogen) atoms. The summed E-state index contributed by atoms with van der Waals surface area (Å²) in [6, 6.07) is 0. The quantitative estimate of drug-likeness (QED) is 0.492. The first-order valence-electron chi connectivity index (χ1n) is 9.58. The number of thiophene rings is 1. The summed E-state index contributed by atoms with van der Waals surface area (Å²) in [7, 11) is 0. The molecule has 0 bridgehead atoms. The van der Waals surface area contributed by atoms with Crippen LogP contribution in [0.1, 0.15) is 43.0 Å². The Morgan fingerprint density at radius 3 is 2.82 bits per heavy atom. The fraction of sp³-hybridized carbons (Fsp3) is 0.579. The summed E-state index contributed by atoms with van der Waals surface area (Å²) in [4.78, 5) is 47.2. The van der Waals surface area contributed by atoms with E-state index in [1.807, 2.05) is 13.8 Å². The van der Waals surface area contributed by atoms with Crippen molar-refractivity contribution in [2.75, 3.05) is 25.4 Å². The Hall–Kier alpha value is -1.87. The number of esters is 1. The van der Waals surface area contributed by atoms with E-state index < -0.39 is 0 Å². The first-order chi connectivity index (χ1) is 13.5. The molecule has 0 fully saturated rings. The molecule has 1 aliphatic carbocycles. The van der Waals surface area contributed by atoms with Crippen LogP contribution in [0.5, 0.6) is 0 Å². The van der Waals surface area contributed by atoms with E-state index in [-0.39, 0.29) is 30.5 Å². The van der Waals surface area contributed by atoms with Gasteiger partial charge in [-0.3, -0.25) is 14.4 Å². The standard InChI is InChI=1S/C19H25N3O4S2/c1-3-22(4-2)15(23)10-26-16(24)8-9-27-11-14-20-18(25)17-12-6-5-7-13(12)28-19(17)21-14/h3-11H2,1-2H3,(H,20,21,25). The third-order valence-corrected chi connectivity index (χ3v) is 6.94. The molecule has 2 aromatic heterocycles. The Balaban J connectivity index is 1.45. The van der Waals surface area contributed by atoms with Crippen molar-refractivity contribution in [3.8, 4) is 0 Å². The Morgan fingerprint density at radius 1 is 1.29 bits per heavy atom. The molecule has 2 heterocycles. The third kappa shape index (κ3) is 4.75. The summed E-state index contributed by atoms with van der Waals surface area (Å²) >= 11 is 3.13. The lowest BCUT2D eigenvalue weighted by Gasteiger charge is -2.18. The van der Waals surface area contributed by atoms with Gasteiger partial charge in [0, 0.05) is 23.7 Å². The number of carbonyl (C=O) groups is 2. The van der Waals surface area contributed by atoms with Crippen LogP contribution in [0, 0.1) is 0 Å². The van der Waals surface area contributed by atoms with Crippen LogP contribution in [0.2, 0.25) is 0 Å². The van der Waals surface area contributed by atoms with Crippen LogP contribution in [-0.2, 0) is 32.9 Å². The molecular weight excluding hydrogens is 398 g/mol. The number of H-pyrrole nitrogens is 1. The lowest BCUT2D eigenvalue weighted by Crippen LogP contribution is -2.34. The lowest BCUT2D eigenvalue weighted by molar-refractivity contribution is -0.151. The molecule has 0 saturated carbocycles. The van der Waals surface area contributed by atoms with Crippen LogP contribution in [0.4, 0.5) is 0 Å². The molecule has 2 aromatic rings. The maximum Gasteiger partial charge on any atom is 0.307 e. The average Bonchev–Trinajstić information content (AvgIpc) is 3.25. The second-order valence-electron chi connectivity index (χ2n) is 6.58. The SMILES string of the molecule is CCN(CC)C(=O)COC(=O)CCSCc1nc2sc3c(c2c(=O)[nH]1)CCC3. The first kappa shape index (κ1) is 20.9. The predicted molar refractivity (Wildman–Crippen MR) is 112 cm³/mol. The van der Waals surface area contributed by atoms with Crippen molar-refractivity contribution in [3.05, 3.63) is 26.6 Å². The second-order valence-corrected chi connectivity index (χ2v) is 8.77. The van der Waals surface area contributed by atoms with E-state index in [1.54, 1.807) is 16.2 Å². The fourth-order valence-corrected chi connectivity index (χ4v) is 5.39. The highest BCUT2D eigenvalue weighted by Gasteiger charge is 2.21. The summed E-state index contributed by atoms with van der Waals surface area (Å²) in [5.41, 5.74) is 1.12. The van der Waals surface area contributed by atoms with E-state index >= 15 is 0 Å². The number of aromatic amines is 1. The Morgan fingerprint density at radius 2 is 2.07 bits per heavy atom. The molecule has 152 valence electrons. The fourth-order valence-electron chi connectivity index (χ4n) is 3.32. The van der Waals surface area contributed by atoms with Gasteiger partial charge in [-0.25, -0.2) is 4.98 Å². The van der Waals surface area contributed by atoms with Crippen LogP contribution >= 0.6 is 23.1 Å². The number of hydrogen-bond acceptors (Lipinski definition) is 7. The van der Waals surface area contributed by atoms with Gasteiger partial charge in [0.2, 0.25) is 0 Å². The van der Waals surface area contributed by atoms with E-state index in [0.29, 0.717) is 30.4 Å². The number of likely N-dealkylation sites (N-methyl/N-ethyl adjacent to an activating group) is 1. The summed E-state index contributed by atoms with van der Waals surface area (Å²) < 4.78 is 5.04. The predicted octanol–water partition coefficient (Wildman–Crippen LogP) is 2.51. The van der Waals surface area contributed by atoms with Crippen LogP contribution in [0.25, 0.3) is 10.2 Å². The number of amides is 1.